The van der Waals surface area contributed by atoms with Crippen LogP contribution in [-0.4, -0.2) is 16.8 Å². The van der Waals surface area contributed by atoms with Gasteiger partial charge in [-0.3, -0.25) is 4.79 Å². The molecule has 1 aliphatic rings. The molecule has 116 valence electrons. The Morgan fingerprint density at radius 3 is 2.52 bits per heavy atom. The van der Waals surface area contributed by atoms with Gasteiger partial charge in [0.1, 0.15) is 11.5 Å². The van der Waals surface area contributed by atoms with E-state index in [1.165, 1.54) is 6.20 Å². The number of carbonyl (C=O) groups is 2. The van der Waals surface area contributed by atoms with Gasteiger partial charge < -0.3 is 10.2 Å². The van der Waals surface area contributed by atoms with Crippen LogP contribution in [0.1, 0.15) is 12.7 Å². The van der Waals surface area contributed by atoms with E-state index < -0.39 is 11.9 Å². The normalized spacial score (nSPS) is 16.1. The minimum Gasteiger partial charge on any atom is -0.457 e. The summed E-state index contributed by atoms with van der Waals surface area (Å²) in [6, 6.07) is 10.5. The van der Waals surface area contributed by atoms with Crippen LogP contribution in [0.5, 0.6) is 0 Å². The molecule has 3 rings (SSSR count). The Morgan fingerprint density at radius 1 is 1.22 bits per heavy atom. The summed E-state index contributed by atoms with van der Waals surface area (Å²) < 4.78 is 6.74. The zero-order valence-electron chi connectivity index (χ0n) is 12.2. The highest BCUT2D eigenvalue weighted by atomic mass is 79.9. The Labute approximate surface area is 141 Å². The van der Waals surface area contributed by atoms with Gasteiger partial charge in [-0.05, 0) is 42.8 Å². The molecular formula is C17H13BrN2O3. The molecule has 2 aromatic rings. The first-order chi connectivity index (χ1) is 11.0. The van der Waals surface area contributed by atoms with Crippen LogP contribution >= 0.6 is 15.9 Å². The van der Waals surface area contributed by atoms with E-state index in [-0.39, 0.29) is 0 Å². The highest BCUT2D eigenvalue weighted by Crippen LogP contribution is 2.28. The zero-order chi connectivity index (χ0) is 16.6. The molecule has 1 aliphatic heterocycles. The molecule has 0 bridgehead atoms. The van der Waals surface area contributed by atoms with Gasteiger partial charge >= 0.3 is 6.03 Å². The predicted molar refractivity (Wildman–Crippen MR) is 90.0 cm³/mol. The van der Waals surface area contributed by atoms with Crippen LogP contribution < -0.4 is 5.73 Å². The van der Waals surface area contributed by atoms with E-state index in [2.05, 4.69) is 15.9 Å². The predicted octanol–water partition coefficient (Wildman–Crippen LogP) is 3.92. The van der Waals surface area contributed by atoms with Gasteiger partial charge in [0.25, 0.3) is 5.91 Å². The second-order valence-electron chi connectivity index (χ2n) is 5.09. The fourth-order valence-corrected chi connectivity index (χ4v) is 2.57. The van der Waals surface area contributed by atoms with Crippen molar-refractivity contribution in [3.63, 3.8) is 0 Å². The van der Waals surface area contributed by atoms with E-state index in [1.54, 1.807) is 19.1 Å². The van der Waals surface area contributed by atoms with Crippen molar-refractivity contribution in [2.45, 2.75) is 6.92 Å². The molecule has 0 aliphatic carbocycles. The number of hydrogen-bond acceptors (Lipinski definition) is 3. The fraction of sp³-hybridized carbons (Fsp3) is 0.0588. The lowest BCUT2D eigenvalue weighted by Gasteiger charge is -2.06. The monoisotopic (exact) mass is 372 g/mol. The van der Waals surface area contributed by atoms with E-state index >= 15 is 0 Å². The van der Waals surface area contributed by atoms with Crippen molar-refractivity contribution < 1.29 is 14.0 Å². The van der Waals surface area contributed by atoms with Crippen LogP contribution in [0.2, 0.25) is 0 Å². The molecule has 5 nitrogen and oxygen atoms in total. The maximum atomic E-state index is 12.1. The Balaban J connectivity index is 1.90. The Kier molecular flexibility index (Phi) is 3.92. The number of imide groups is 1. The third-order valence-electron chi connectivity index (χ3n) is 3.48. The quantitative estimate of drug-likeness (QED) is 0.811. The molecule has 2 N–H and O–H groups in total. The largest absolute Gasteiger partial charge is 0.457 e. The first kappa shape index (κ1) is 15.3. The maximum absolute atomic E-state index is 12.1. The number of nitrogens with two attached hydrogens (primary N) is 1. The molecule has 0 radical (unpaired) electrons. The van der Waals surface area contributed by atoms with Gasteiger partial charge in [0.15, 0.2) is 0 Å². The average Bonchev–Trinajstić information content (AvgIpc) is 3.08. The number of hydrogen-bond donors (Lipinski definition) is 1. The van der Waals surface area contributed by atoms with E-state index in [0.29, 0.717) is 22.7 Å². The third kappa shape index (κ3) is 2.98. The van der Waals surface area contributed by atoms with Gasteiger partial charge in [-0.1, -0.05) is 28.1 Å². The summed E-state index contributed by atoms with van der Waals surface area (Å²) in [4.78, 5) is 24.2. The molecule has 1 aromatic heterocycles. The topological polar surface area (TPSA) is 76.5 Å². The van der Waals surface area contributed by atoms with Crippen molar-refractivity contribution in [3.8, 4) is 11.3 Å². The number of amides is 3. The molecule has 3 amide bonds. The minimum atomic E-state index is -0.798. The summed E-state index contributed by atoms with van der Waals surface area (Å²) in [6.07, 6.45) is 3.04. The molecule has 0 spiro atoms. The van der Waals surface area contributed by atoms with Crippen LogP contribution in [-0.2, 0) is 4.79 Å². The summed E-state index contributed by atoms with van der Waals surface area (Å²) in [5.74, 6) is 0.783. The number of primary amides is 1. The molecule has 6 heteroatoms. The minimum absolute atomic E-state index is 0.389. The van der Waals surface area contributed by atoms with E-state index in [1.807, 2.05) is 30.3 Å². The van der Waals surface area contributed by atoms with Crippen LogP contribution in [0.3, 0.4) is 0 Å². The third-order valence-corrected chi connectivity index (χ3v) is 4.01. The summed E-state index contributed by atoms with van der Waals surface area (Å²) >= 11 is 3.39. The molecule has 0 saturated carbocycles. The van der Waals surface area contributed by atoms with Crippen molar-refractivity contribution in [1.82, 2.24) is 4.90 Å². The Hall–Kier alpha value is -2.60. The molecule has 23 heavy (non-hydrogen) atoms. The van der Waals surface area contributed by atoms with Gasteiger partial charge in [-0.15, -0.1) is 0 Å². The summed E-state index contributed by atoms with van der Waals surface area (Å²) in [5, 5.41) is 0. The maximum Gasteiger partial charge on any atom is 0.325 e. The molecule has 1 aromatic carbocycles. The van der Waals surface area contributed by atoms with Crippen LogP contribution in [0.25, 0.3) is 17.4 Å². The molecule has 0 fully saturated rings. The van der Waals surface area contributed by atoms with Crippen molar-refractivity contribution in [3.05, 3.63) is 64.0 Å². The Bertz CT molecular complexity index is 847. The molecule has 0 saturated heterocycles. The van der Waals surface area contributed by atoms with Crippen LogP contribution in [0, 0.1) is 0 Å². The van der Waals surface area contributed by atoms with Gasteiger partial charge in [0.05, 0.1) is 0 Å². The highest BCUT2D eigenvalue weighted by Gasteiger charge is 2.29. The van der Waals surface area contributed by atoms with Gasteiger partial charge in [-0.2, -0.15) is 0 Å². The molecule has 2 heterocycles. The number of carbonyl (C=O) groups excluding carboxylic acids is 2. The second-order valence-corrected chi connectivity index (χ2v) is 6.01. The fourth-order valence-electron chi connectivity index (χ4n) is 2.30. The summed E-state index contributed by atoms with van der Waals surface area (Å²) in [7, 11) is 0. The lowest BCUT2D eigenvalue weighted by molar-refractivity contribution is -0.121. The molecular weight excluding hydrogens is 360 g/mol. The van der Waals surface area contributed by atoms with Crippen molar-refractivity contribution in [2.75, 3.05) is 0 Å². The first-order valence-corrected chi connectivity index (χ1v) is 7.64. The van der Waals surface area contributed by atoms with Crippen molar-refractivity contribution >= 4 is 33.9 Å². The van der Waals surface area contributed by atoms with E-state index in [4.69, 9.17) is 10.2 Å². The van der Waals surface area contributed by atoms with Crippen LogP contribution in [0.15, 0.2) is 62.6 Å². The smallest absolute Gasteiger partial charge is 0.325 e. The SMILES string of the molecule is CC1=CN(C(N)=O)C(=O)/C1=C/c1ccc(-c2ccc(Br)cc2)o1. The lowest BCUT2D eigenvalue weighted by Crippen LogP contribution is -2.33. The highest BCUT2D eigenvalue weighted by molar-refractivity contribution is 9.10. The second kappa shape index (κ2) is 5.89. The molecule has 0 unspecified atom stereocenters. The van der Waals surface area contributed by atoms with Crippen molar-refractivity contribution in [2.24, 2.45) is 5.73 Å². The summed E-state index contributed by atoms with van der Waals surface area (Å²) in [5.41, 5.74) is 7.15. The van der Waals surface area contributed by atoms with Gasteiger partial charge in [0, 0.05) is 21.8 Å². The number of benzene rings is 1. The van der Waals surface area contributed by atoms with Crippen LogP contribution in [0.4, 0.5) is 4.79 Å². The zero-order valence-corrected chi connectivity index (χ0v) is 13.8. The standard InChI is InChI=1S/C17H13BrN2O3/c1-10-9-20(17(19)22)16(21)14(10)8-13-6-7-15(23-13)11-2-4-12(18)5-3-11/h2-9H,1H3,(H2,19,22)/b14-8+. The lowest BCUT2D eigenvalue weighted by atomic mass is 10.1. The number of urea groups is 1. The number of nitrogens with zero attached hydrogens (tertiary/aromatic N) is 1. The van der Waals surface area contributed by atoms with Crippen molar-refractivity contribution in [1.29, 1.82) is 0 Å². The van der Waals surface area contributed by atoms with Gasteiger partial charge in [-0.25, -0.2) is 9.69 Å². The van der Waals surface area contributed by atoms with E-state index in [9.17, 15) is 9.59 Å². The molecule has 0 atom stereocenters. The first-order valence-electron chi connectivity index (χ1n) is 6.85. The Morgan fingerprint density at radius 2 is 1.91 bits per heavy atom. The van der Waals surface area contributed by atoms with Gasteiger partial charge in [0.2, 0.25) is 0 Å². The number of furan rings is 1. The summed E-state index contributed by atoms with van der Waals surface area (Å²) in [6.45, 7) is 1.74. The number of rotatable bonds is 2. The number of halogens is 1. The van der Waals surface area contributed by atoms with E-state index in [0.717, 1.165) is 14.9 Å². The average molecular weight is 373 g/mol.